The molecule has 1 aliphatic rings. The second kappa shape index (κ2) is 8.01. The van der Waals surface area contributed by atoms with E-state index < -0.39 is 10.0 Å². The first-order chi connectivity index (χ1) is 14.3. The summed E-state index contributed by atoms with van der Waals surface area (Å²) >= 11 is 1.33. The van der Waals surface area contributed by atoms with Gasteiger partial charge in [-0.1, -0.05) is 23.5 Å². The van der Waals surface area contributed by atoms with Crippen molar-refractivity contribution in [3.63, 3.8) is 0 Å². The molecule has 0 aliphatic carbocycles. The monoisotopic (exact) mass is 448 g/mol. The van der Waals surface area contributed by atoms with Crippen LogP contribution in [-0.2, 0) is 21.8 Å². The van der Waals surface area contributed by atoms with Gasteiger partial charge in [-0.25, -0.2) is 17.7 Å². The Hall–Kier alpha value is -2.43. The number of hydrogen-bond acceptors (Lipinski definition) is 6. The van der Waals surface area contributed by atoms with Crippen molar-refractivity contribution in [3.8, 4) is 0 Å². The molecule has 1 aliphatic heterocycles. The third kappa shape index (κ3) is 3.82. The lowest BCUT2D eigenvalue weighted by Gasteiger charge is -2.23. The van der Waals surface area contributed by atoms with Gasteiger partial charge >= 0.3 is 0 Å². The zero-order valence-electron chi connectivity index (χ0n) is 17.1. The van der Waals surface area contributed by atoms with Crippen LogP contribution in [0.5, 0.6) is 0 Å². The van der Waals surface area contributed by atoms with E-state index in [1.165, 1.54) is 37.4 Å². The van der Waals surface area contributed by atoms with Crippen molar-refractivity contribution in [1.29, 1.82) is 0 Å². The van der Waals surface area contributed by atoms with Gasteiger partial charge < -0.3 is 14.2 Å². The first-order valence-corrected chi connectivity index (χ1v) is 11.9. The van der Waals surface area contributed by atoms with Gasteiger partial charge in [-0.2, -0.15) is 0 Å². The van der Waals surface area contributed by atoms with Crippen LogP contribution in [-0.4, -0.2) is 62.1 Å². The van der Waals surface area contributed by atoms with E-state index >= 15 is 0 Å². The number of thiazole rings is 1. The smallest absolute Gasteiger partial charge is 0.269 e. The number of ether oxygens (including phenoxy) is 1. The molecular formula is C20H24N4O4S2. The Morgan fingerprint density at radius 1 is 1.33 bits per heavy atom. The summed E-state index contributed by atoms with van der Waals surface area (Å²) in [5.41, 5.74) is 1.06. The van der Waals surface area contributed by atoms with E-state index in [0.29, 0.717) is 17.4 Å². The zero-order valence-corrected chi connectivity index (χ0v) is 18.7. The van der Waals surface area contributed by atoms with E-state index in [1.54, 1.807) is 21.1 Å². The molecule has 8 nitrogen and oxygen atoms in total. The molecule has 2 aromatic heterocycles. The maximum atomic E-state index is 13.7. The third-order valence-corrected chi connectivity index (χ3v) is 7.98. The summed E-state index contributed by atoms with van der Waals surface area (Å²) in [6.07, 6.45) is 3.00. The van der Waals surface area contributed by atoms with Crippen molar-refractivity contribution in [3.05, 3.63) is 42.2 Å². The van der Waals surface area contributed by atoms with Gasteiger partial charge in [0.25, 0.3) is 15.9 Å². The Bertz CT molecular complexity index is 1140. The van der Waals surface area contributed by atoms with Crippen LogP contribution in [0.2, 0.25) is 0 Å². The molecule has 1 aromatic carbocycles. The number of anilines is 1. The van der Waals surface area contributed by atoms with Crippen LogP contribution in [0.3, 0.4) is 0 Å². The molecular weight excluding hydrogens is 424 g/mol. The van der Waals surface area contributed by atoms with Gasteiger partial charge in [-0.15, -0.1) is 0 Å². The van der Waals surface area contributed by atoms with Gasteiger partial charge in [-0.3, -0.25) is 4.79 Å². The predicted octanol–water partition coefficient (Wildman–Crippen LogP) is 2.71. The molecule has 4 rings (SSSR count). The minimum Gasteiger partial charge on any atom is -0.376 e. The Morgan fingerprint density at radius 3 is 2.77 bits per heavy atom. The molecule has 1 atom stereocenters. The summed E-state index contributed by atoms with van der Waals surface area (Å²) in [7, 11) is 0.991. The van der Waals surface area contributed by atoms with Crippen molar-refractivity contribution < 1.29 is 17.9 Å². The van der Waals surface area contributed by atoms with E-state index in [-0.39, 0.29) is 23.5 Å². The Labute approximate surface area is 179 Å². The molecule has 3 heterocycles. The lowest BCUT2D eigenvalue weighted by Crippen LogP contribution is -2.37. The molecule has 0 bridgehead atoms. The number of aromatic nitrogens is 2. The fourth-order valence-corrected chi connectivity index (χ4v) is 6.17. The van der Waals surface area contributed by atoms with Crippen LogP contribution in [0.4, 0.5) is 5.13 Å². The molecule has 160 valence electrons. The Morgan fingerprint density at radius 2 is 2.10 bits per heavy atom. The molecule has 1 saturated heterocycles. The number of carbonyl (C=O) groups is 1. The second-order valence-electron chi connectivity index (χ2n) is 7.51. The van der Waals surface area contributed by atoms with Crippen LogP contribution in [0.25, 0.3) is 10.2 Å². The van der Waals surface area contributed by atoms with Gasteiger partial charge in [0.05, 0.1) is 22.9 Å². The topological polar surface area (TPSA) is 84.7 Å². The van der Waals surface area contributed by atoms with Crippen molar-refractivity contribution in [2.24, 2.45) is 7.05 Å². The fourth-order valence-electron chi connectivity index (χ4n) is 3.46. The van der Waals surface area contributed by atoms with Crippen LogP contribution < -0.4 is 4.31 Å². The number of fused-ring (bicyclic) bond motifs is 1. The summed E-state index contributed by atoms with van der Waals surface area (Å²) in [5, 5.41) is 0.399. The first kappa shape index (κ1) is 20.8. The molecule has 10 heteroatoms. The second-order valence-corrected chi connectivity index (χ2v) is 10.4. The number of rotatable bonds is 6. The number of para-hydroxylation sites is 1. The number of nitrogens with zero attached hydrogens (tertiary/aromatic N) is 4. The molecule has 0 spiro atoms. The average Bonchev–Trinajstić information content (AvgIpc) is 3.44. The molecule has 0 radical (unpaired) electrons. The first-order valence-electron chi connectivity index (χ1n) is 9.65. The van der Waals surface area contributed by atoms with Gasteiger partial charge in [0.15, 0.2) is 0 Å². The average molecular weight is 449 g/mol. The zero-order chi connectivity index (χ0) is 21.5. The van der Waals surface area contributed by atoms with Gasteiger partial charge in [0.2, 0.25) is 5.13 Å². The minimum absolute atomic E-state index is 0.0625. The number of hydrogen-bond donors (Lipinski definition) is 0. The largest absolute Gasteiger partial charge is 0.376 e. The molecule has 1 amide bonds. The maximum Gasteiger partial charge on any atom is 0.269 e. The lowest BCUT2D eigenvalue weighted by atomic mass is 10.2. The summed E-state index contributed by atoms with van der Waals surface area (Å²) < 4.78 is 36.8. The molecule has 3 aromatic rings. The van der Waals surface area contributed by atoms with Crippen molar-refractivity contribution in [1.82, 2.24) is 14.5 Å². The standard InChI is InChI=1S/C20H24N4O4S2/c1-22(2)19(25)17-11-15(13-23(17)3)30(26,27)24(12-14-7-6-10-28-14)20-21-16-8-4-5-9-18(16)29-20/h4-5,8-9,11,13-14H,6-7,10,12H2,1-3H3/t14-/m1/s1. The van der Waals surface area contributed by atoms with Gasteiger partial charge in [0.1, 0.15) is 10.6 Å². The fraction of sp³-hybridized carbons (Fsp3) is 0.400. The summed E-state index contributed by atoms with van der Waals surface area (Å²) in [6.45, 7) is 0.819. The van der Waals surface area contributed by atoms with Gasteiger partial charge in [-0.05, 0) is 31.0 Å². The molecule has 0 saturated carbocycles. The van der Waals surface area contributed by atoms with Crippen LogP contribution >= 0.6 is 11.3 Å². The minimum atomic E-state index is -3.94. The number of sulfonamides is 1. The van der Waals surface area contributed by atoms with Crippen LogP contribution in [0.15, 0.2) is 41.4 Å². The molecule has 0 N–H and O–H groups in total. The normalized spacial score (nSPS) is 16.8. The highest BCUT2D eigenvalue weighted by Gasteiger charge is 2.33. The highest BCUT2D eigenvalue weighted by molar-refractivity contribution is 7.93. The molecule has 1 fully saturated rings. The van der Waals surface area contributed by atoms with E-state index in [2.05, 4.69) is 4.98 Å². The van der Waals surface area contributed by atoms with Crippen LogP contribution in [0.1, 0.15) is 23.3 Å². The maximum absolute atomic E-state index is 13.7. The van der Waals surface area contributed by atoms with Crippen molar-refractivity contribution >= 4 is 42.6 Å². The van der Waals surface area contributed by atoms with Crippen molar-refractivity contribution in [2.45, 2.75) is 23.8 Å². The number of benzene rings is 1. The predicted molar refractivity (Wildman–Crippen MR) is 117 cm³/mol. The van der Waals surface area contributed by atoms with Crippen molar-refractivity contribution in [2.75, 3.05) is 31.6 Å². The van der Waals surface area contributed by atoms with Crippen LogP contribution in [0, 0.1) is 0 Å². The Balaban J connectivity index is 1.77. The van der Waals surface area contributed by atoms with E-state index in [0.717, 1.165) is 23.1 Å². The highest BCUT2D eigenvalue weighted by atomic mass is 32.2. The summed E-state index contributed by atoms with van der Waals surface area (Å²) in [6, 6.07) is 8.99. The van der Waals surface area contributed by atoms with E-state index in [9.17, 15) is 13.2 Å². The lowest BCUT2D eigenvalue weighted by molar-refractivity contribution is 0.0818. The van der Waals surface area contributed by atoms with E-state index in [4.69, 9.17) is 4.74 Å². The SMILES string of the molecule is CN(C)C(=O)c1cc(S(=O)(=O)N(C[C@H]2CCCO2)c2nc3ccccc3s2)cn1C. The quantitative estimate of drug-likeness (QED) is 0.579. The molecule has 0 unspecified atom stereocenters. The summed E-state index contributed by atoms with van der Waals surface area (Å²) in [4.78, 5) is 18.5. The number of amides is 1. The van der Waals surface area contributed by atoms with E-state index in [1.807, 2.05) is 24.3 Å². The number of carbonyl (C=O) groups excluding carboxylic acids is 1. The Kier molecular flexibility index (Phi) is 5.56. The molecule has 30 heavy (non-hydrogen) atoms. The summed E-state index contributed by atoms with van der Waals surface area (Å²) in [5.74, 6) is -0.260. The highest BCUT2D eigenvalue weighted by Crippen LogP contribution is 2.33. The third-order valence-electron chi connectivity index (χ3n) is 5.08. The number of aryl methyl sites for hydroxylation is 1. The van der Waals surface area contributed by atoms with Gasteiger partial charge in [0, 0.05) is 33.9 Å².